The van der Waals surface area contributed by atoms with E-state index in [1.54, 1.807) is 13.2 Å². The minimum atomic E-state index is 0.649. The standard InChI is InChI=1S/C19H20N4/c1-20-19(23-14-17-10-4-5-12-21-17)22-13-16-9-6-8-15-7-2-3-11-18(15)16/h2-12H,13-14H2,1H3,(H2,20,22,23). The first kappa shape index (κ1) is 15.0. The van der Waals surface area contributed by atoms with Gasteiger partial charge in [-0.3, -0.25) is 9.98 Å². The van der Waals surface area contributed by atoms with Crippen molar-refractivity contribution >= 4 is 16.7 Å². The Hall–Kier alpha value is -2.88. The monoisotopic (exact) mass is 304 g/mol. The molecule has 2 aromatic carbocycles. The molecule has 0 saturated carbocycles. The molecule has 4 heteroatoms. The summed E-state index contributed by atoms with van der Waals surface area (Å²) in [7, 11) is 1.77. The van der Waals surface area contributed by atoms with E-state index in [2.05, 4.69) is 63.1 Å². The second kappa shape index (κ2) is 7.40. The molecule has 23 heavy (non-hydrogen) atoms. The topological polar surface area (TPSA) is 49.3 Å². The normalized spacial score (nSPS) is 11.4. The quantitative estimate of drug-likeness (QED) is 0.575. The van der Waals surface area contributed by atoms with Crippen LogP contribution in [0.3, 0.4) is 0 Å². The minimum absolute atomic E-state index is 0.649. The molecule has 0 aliphatic heterocycles. The van der Waals surface area contributed by atoms with Crippen molar-refractivity contribution < 1.29 is 0 Å². The Kier molecular flexibility index (Phi) is 4.84. The Morgan fingerprint density at radius 3 is 2.52 bits per heavy atom. The number of hydrogen-bond acceptors (Lipinski definition) is 2. The van der Waals surface area contributed by atoms with E-state index < -0.39 is 0 Å². The molecular formula is C19H20N4. The summed E-state index contributed by atoms with van der Waals surface area (Å²) in [6, 6.07) is 20.7. The van der Waals surface area contributed by atoms with Gasteiger partial charge >= 0.3 is 0 Å². The number of nitrogens with one attached hydrogen (secondary N) is 2. The SMILES string of the molecule is CN=C(NCc1ccccn1)NCc1cccc2ccccc12. The van der Waals surface area contributed by atoms with Gasteiger partial charge in [-0.1, -0.05) is 48.5 Å². The highest BCUT2D eigenvalue weighted by Crippen LogP contribution is 2.18. The fourth-order valence-corrected chi connectivity index (χ4v) is 2.52. The van der Waals surface area contributed by atoms with Gasteiger partial charge in [0.05, 0.1) is 12.2 Å². The lowest BCUT2D eigenvalue weighted by Crippen LogP contribution is -2.36. The van der Waals surface area contributed by atoms with Crippen LogP contribution in [0.15, 0.2) is 71.9 Å². The van der Waals surface area contributed by atoms with Crippen molar-refractivity contribution in [1.82, 2.24) is 15.6 Å². The zero-order chi connectivity index (χ0) is 15.9. The van der Waals surface area contributed by atoms with Gasteiger partial charge in [0.2, 0.25) is 0 Å². The Morgan fingerprint density at radius 1 is 0.913 bits per heavy atom. The summed E-state index contributed by atoms with van der Waals surface area (Å²) in [6.07, 6.45) is 1.79. The summed E-state index contributed by atoms with van der Waals surface area (Å²) in [4.78, 5) is 8.56. The predicted molar refractivity (Wildman–Crippen MR) is 95.2 cm³/mol. The van der Waals surface area contributed by atoms with Crippen molar-refractivity contribution in [3.63, 3.8) is 0 Å². The lowest BCUT2D eigenvalue weighted by molar-refractivity contribution is 0.796. The molecule has 0 saturated heterocycles. The molecule has 0 amide bonds. The summed E-state index contributed by atoms with van der Waals surface area (Å²) in [5.74, 6) is 0.767. The molecule has 0 bridgehead atoms. The largest absolute Gasteiger partial charge is 0.352 e. The van der Waals surface area contributed by atoms with Crippen LogP contribution in [0.25, 0.3) is 10.8 Å². The maximum absolute atomic E-state index is 4.30. The van der Waals surface area contributed by atoms with E-state index >= 15 is 0 Å². The Labute approximate surface area is 136 Å². The van der Waals surface area contributed by atoms with Crippen molar-refractivity contribution in [2.75, 3.05) is 7.05 Å². The number of benzene rings is 2. The molecule has 0 atom stereocenters. The van der Waals surface area contributed by atoms with Crippen LogP contribution in [0.5, 0.6) is 0 Å². The predicted octanol–water partition coefficient (Wildman–Crippen LogP) is 3.10. The molecule has 0 unspecified atom stereocenters. The highest BCUT2D eigenvalue weighted by atomic mass is 15.2. The number of aliphatic imine (C=N–C) groups is 1. The van der Waals surface area contributed by atoms with Crippen LogP contribution in [-0.4, -0.2) is 18.0 Å². The van der Waals surface area contributed by atoms with Crippen LogP contribution >= 0.6 is 0 Å². The van der Waals surface area contributed by atoms with E-state index in [9.17, 15) is 0 Å². The molecule has 0 fully saturated rings. The van der Waals surface area contributed by atoms with Gasteiger partial charge in [0.15, 0.2) is 5.96 Å². The Morgan fingerprint density at radius 2 is 1.70 bits per heavy atom. The molecule has 0 aliphatic carbocycles. The second-order valence-corrected chi connectivity index (χ2v) is 5.24. The first-order chi connectivity index (χ1) is 11.4. The highest BCUT2D eigenvalue weighted by Gasteiger charge is 2.02. The van der Waals surface area contributed by atoms with Gasteiger partial charge in [-0.2, -0.15) is 0 Å². The lowest BCUT2D eigenvalue weighted by atomic mass is 10.0. The zero-order valence-corrected chi connectivity index (χ0v) is 13.2. The fourth-order valence-electron chi connectivity index (χ4n) is 2.52. The summed E-state index contributed by atoms with van der Waals surface area (Å²) >= 11 is 0. The molecule has 2 N–H and O–H groups in total. The average Bonchev–Trinajstić information content (AvgIpc) is 2.63. The molecule has 0 radical (unpaired) electrons. The number of nitrogens with zero attached hydrogens (tertiary/aromatic N) is 2. The van der Waals surface area contributed by atoms with Crippen molar-refractivity contribution in [3.05, 3.63) is 78.1 Å². The third-order valence-corrected chi connectivity index (χ3v) is 3.71. The lowest BCUT2D eigenvalue weighted by Gasteiger charge is -2.13. The smallest absolute Gasteiger partial charge is 0.191 e. The number of aromatic nitrogens is 1. The third-order valence-electron chi connectivity index (χ3n) is 3.71. The van der Waals surface area contributed by atoms with Crippen LogP contribution in [0.2, 0.25) is 0 Å². The van der Waals surface area contributed by atoms with Crippen LogP contribution in [-0.2, 0) is 13.1 Å². The van der Waals surface area contributed by atoms with E-state index in [-0.39, 0.29) is 0 Å². The minimum Gasteiger partial charge on any atom is -0.352 e. The van der Waals surface area contributed by atoms with E-state index in [1.807, 2.05) is 18.2 Å². The fraction of sp³-hybridized carbons (Fsp3) is 0.158. The molecule has 1 aromatic heterocycles. The summed E-state index contributed by atoms with van der Waals surface area (Å²) in [5, 5.41) is 9.16. The Bertz CT molecular complexity index is 791. The van der Waals surface area contributed by atoms with E-state index in [1.165, 1.54) is 16.3 Å². The van der Waals surface area contributed by atoms with Crippen LogP contribution in [0.1, 0.15) is 11.3 Å². The second-order valence-electron chi connectivity index (χ2n) is 5.24. The van der Waals surface area contributed by atoms with Crippen LogP contribution in [0.4, 0.5) is 0 Å². The molecule has 0 aliphatic rings. The van der Waals surface area contributed by atoms with E-state index in [0.29, 0.717) is 6.54 Å². The maximum Gasteiger partial charge on any atom is 0.191 e. The van der Waals surface area contributed by atoms with E-state index in [0.717, 1.165) is 18.2 Å². The van der Waals surface area contributed by atoms with Crippen LogP contribution < -0.4 is 10.6 Å². The zero-order valence-electron chi connectivity index (χ0n) is 13.2. The van der Waals surface area contributed by atoms with Crippen molar-refractivity contribution in [2.24, 2.45) is 4.99 Å². The van der Waals surface area contributed by atoms with Gasteiger partial charge in [0.1, 0.15) is 0 Å². The van der Waals surface area contributed by atoms with Gasteiger partial charge in [-0.05, 0) is 28.5 Å². The summed E-state index contributed by atoms with van der Waals surface area (Å²) < 4.78 is 0. The molecule has 116 valence electrons. The summed E-state index contributed by atoms with van der Waals surface area (Å²) in [6.45, 7) is 1.37. The number of guanidine groups is 1. The molecule has 4 nitrogen and oxygen atoms in total. The number of rotatable bonds is 4. The molecule has 3 aromatic rings. The van der Waals surface area contributed by atoms with E-state index in [4.69, 9.17) is 0 Å². The maximum atomic E-state index is 4.30. The van der Waals surface area contributed by atoms with Gasteiger partial charge in [-0.15, -0.1) is 0 Å². The van der Waals surface area contributed by atoms with Gasteiger partial charge in [-0.25, -0.2) is 0 Å². The van der Waals surface area contributed by atoms with Crippen molar-refractivity contribution in [1.29, 1.82) is 0 Å². The van der Waals surface area contributed by atoms with Crippen molar-refractivity contribution in [3.8, 4) is 0 Å². The van der Waals surface area contributed by atoms with Crippen LogP contribution in [0, 0.1) is 0 Å². The van der Waals surface area contributed by atoms with Gasteiger partial charge < -0.3 is 10.6 Å². The molecule has 0 spiro atoms. The Balaban J connectivity index is 1.63. The molecule has 3 rings (SSSR count). The molecule has 1 heterocycles. The number of pyridine rings is 1. The molecular weight excluding hydrogens is 284 g/mol. The third kappa shape index (κ3) is 3.86. The first-order valence-electron chi connectivity index (χ1n) is 7.68. The van der Waals surface area contributed by atoms with Gasteiger partial charge in [0.25, 0.3) is 0 Å². The first-order valence-corrected chi connectivity index (χ1v) is 7.68. The highest BCUT2D eigenvalue weighted by molar-refractivity contribution is 5.86. The van der Waals surface area contributed by atoms with Gasteiger partial charge in [0, 0.05) is 19.8 Å². The number of hydrogen-bond donors (Lipinski definition) is 2. The van der Waals surface area contributed by atoms with Crippen molar-refractivity contribution in [2.45, 2.75) is 13.1 Å². The average molecular weight is 304 g/mol. The summed E-state index contributed by atoms with van der Waals surface area (Å²) in [5.41, 5.74) is 2.24. The number of fused-ring (bicyclic) bond motifs is 1.